The van der Waals surface area contributed by atoms with Crippen molar-refractivity contribution in [2.24, 2.45) is 0 Å². The van der Waals surface area contributed by atoms with Crippen molar-refractivity contribution in [2.75, 3.05) is 13.7 Å². The van der Waals surface area contributed by atoms with E-state index >= 15 is 0 Å². The van der Waals surface area contributed by atoms with Gasteiger partial charge in [-0.15, -0.1) is 5.10 Å². The molecule has 0 radical (unpaired) electrons. The maximum Gasteiger partial charge on any atom is 0.420 e. The molecule has 1 aromatic heterocycles. The lowest BCUT2D eigenvalue weighted by atomic mass is 9.75. The van der Waals surface area contributed by atoms with Crippen LogP contribution >= 0.6 is 11.6 Å². The number of halogens is 2. The van der Waals surface area contributed by atoms with Crippen LogP contribution in [0.25, 0.3) is 0 Å². The first-order valence-corrected chi connectivity index (χ1v) is 9.98. The third kappa shape index (κ3) is 4.83. The first-order chi connectivity index (χ1) is 15.3. The van der Waals surface area contributed by atoms with Crippen molar-refractivity contribution < 1.29 is 27.8 Å². The standard InChI is InChI=1S/C22H19ClFN3O5/c1-22(20-26-27-21(32-20)31-16-5-3-4-14(8-16)29-2)10-13(11-22)25-19(28)12-30-15-6-7-17(23)18(24)9-15/h3-10H,11-12H2,1-2H3,(H,25,28). The molecule has 1 unspecified atom stereocenters. The van der Waals surface area contributed by atoms with Gasteiger partial charge in [-0.1, -0.05) is 22.8 Å². The molecule has 0 saturated heterocycles. The number of carbonyl (C=O) groups excluding carboxylic acids is 1. The van der Waals surface area contributed by atoms with Gasteiger partial charge in [-0.3, -0.25) is 4.79 Å². The number of hydrogen-bond donors (Lipinski definition) is 1. The smallest absolute Gasteiger partial charge is 0.420 e. The van der Waals surface area contributed by atoms with Gasteiger partial charge in [0.2, 0.25) is 5.89 Å². The Hall–Kier alpha value is -3.59. The maximum atomic E-state index is 13.4. The van der Waals surface area contributed by atoms with E-state index in [0.717, 1.165) is 6.07 Å². The van der Waals surface area contributed by atoms with E-state index in [1.807, 2.05) is 13.0 Å². The fourth-order valence-electron chi connectivity index (χ4n) is 3.15. The summed E-state index contributed by atoms with van der Waals surface area (Å²) in [5.74, 6) is 0.729. The van der Waals surface area contributed by atoms with Crippen LogP contribution in [0.1, 0.15) is 19.2 Å². The van der Waals surface area contributed by atoms with Crippen molar-refractivity contribution >= 4 is 17.5 Å². The van der Waals surface area contributed by atoms with Crippen LogP contribution in [0.4, 0.5) is 4.39 Å². The molecule has 0 saturated carbocycles. The molecule has 0 aliphatic heterocycles. The molecule has 1 aliphatic rings. The lowest BCUT2D eigenvalue weighted by molar-refractivity contribution is -0.122. The highest BCUT2D eigenvalue weighted by Crippen LogP contribution is 2.40. The number of methoxy groups -OCH3 is 1. The van der Waals surface area contributed by atoms with E-state index in [2.05, 4.69) is 15.5 Å². The summed E-state index contributed by atoms with van der Waals surface area (Å²) in [4.78, 5) is 12.1. The number of nitrogens with zero attached hydrogens (tertiary/aromatic N) is 2. The molecule has 3 aromatic rings. The van der Waals surface area contributed by atoms with Crippen molar-refractivity contribution in [3.05, 3.63) is 71.0 Å². The summed E-state index contributed by atoms with van der Waals surface area (Å²) in [6.07, 6.45) is 2.30. The predicted molar refractivity (Wildman–Crippen MR) is 112 cm³/mol. The van der Waals surface area contributed by atoms with Crippen LogP contribution in [0, 0.1) is 5.82 Å². The van der Waals surface area contributed by atoms with Crippen molar-refractivity contribution in [1.82, 2.24) is 15.5 Å². The highest BCUT2D eigenvalue weighted by molar-refractivity contribution is 6.30. The number of nitrogens with one attached hydrogen (secondary N) is 1. The van der Waals surface area contributed by atoms with Gasteiger partial charge in [0.05, 0.1) is 17.5 Å². The summed E-state index contributed by atoms with van der Waals surface area (Å²) < 4.78 is 35.1. The van der Waals surface area contributed by atoms with E-state index in [4.69, 9.17) is 30.2 Å². The number of ether oxygens (including phenoxy) is 3. The Morgan fingerprint density at radius 3 is 2.75 bits per heavy atom. The minimum Gasteiger partial charge on any atom is -0.497 e. The van der Waals surface area contributed by atoms with Crippen molar-refractivity contribution in [3.63, 3.8) is 0 Å². The zero-order valence-corrected chi connectivity index (χ0v) is 18.0. The topological polar surface area (TPSA) is 95.7 Å². The van der Waals surface area contributed by atoms with Crippen molar-refractivity contribution in [2.45, 2.75) is 18.8 Å². The summed E-state index contributed by atoms with van der Waals surface area (Å²) in [5, 5.41) is 10.7. The lowest BCUT2D eigenvalue weighted by Crippen LogP contribution is -2.39. The molecule has 2 aromatic carbocycles. The number of benzene rings is 2. The zero-order chi connectivity index (χ0) is 22.7. The molecule has 1 heterocycles. The van der Waals surface area contributed by atoms with Gasteiger partial charge in [0, 0.05) is 24.3 Å². The second-order valence-corrected chi connectivity index (χ2v) is 7.74. The normalized spacial score (nSPS) is 17.2. The summed E-state index contributed by atoms with van der Waals surface area (Å²) in [6.45, 7) is 1.63. The van der Waals surface area contributed by atoms with Gasteiger partial charge in [0.15, 0.2) is 6.61 Å². The Balaban J connectivity index is 1.31. The van der Waals surface area contributed by atoms with Crippen LogP contribution < -0.4 is 19.5 Å². The number of rotatable bonds is 8. The highest BCUT2D eigenvalue weighted by atomic mass is 35.5. The summed E-state index contributed by atoms with van der Waals surface area (Å²) in [5.41, 5.74) is 0.156. The molecule has 0 fully saturated rings. The van der Waals surface area contributed by atoms with Crippen LogP contribution in [0.5, 0.6) is 23.3 Å². The molecule has 0 spiro atoms. The van der Waals surface area contributed by atoms with Gasteiger partial charge in [0.1, 0.15) is 23.1 Å². The molecular weight excluding hydrogens is 441 g/mol. The number of amides is 1. The van der Waals surface area contributed by atoms with E-state index in [1.54, 1.807) is 31.4 Å². The van der Waals surface area contributed by atoms with E-state index < -0.39 is 11.2 Å². The van der Waals surface area contributed by atoms with Crippen LogP contribution in [-0.4, -0.2) is 29.8 Å². The van der Waals surface area contributed by atoms with Crippen LogP contribution in [0.15, 0.2) is 58.7 Å². The third-order valence-electron chi connectivity index (χ3n) is 4.75. The summed E-state index contributed by atoms with van der Waals surface area (Å²) >= 11 is 5.62. The molecule has 1 amide bonds. The first kappa shape index (κ1) is 21.6. The molecule has 8 nitrogen and oxygen atoms in total. The number of carbonyl (C=O) groups is 1. The monoisotopic (exact) mass is 459 g/mol. The van der Waals surface area contributed by atoms with Gasteiger partial charge >= 0.3 is 6.08 Å². The van der Waals surface area contributed by atoms with Crippen molar-refractivity contribution in [1.29, 1.82) is 0 Å². The Morgan fingerprint density at radius 2 is 2.00 bits per heavy atom. The second kappa shape index (κ2) is 8.88. The Bertz CT molecular complexity index is 1180. The molecule has 4 rings (SSSR count). The Labute approximate surface area is 187 Å². The lowest BCUT2D eigenvalue weighted by Gasteiger charge is -2.33. The van der Waals surface area contributed by atoms with Gasteiger partial charge < -0.3 is 23.9 Å². The van der Waals surface area contributed by atoms with E-state index in [-0.39, 0.29) is 29.4 Å². The van der Waals surface area contributed by atoms with Crippen LogP contribution in [0.3, 0.4) is 0 Å². The van der Waals surface area contributed by atoms with Crippen LogP contribution in [0.2, 0.25) is 5.02 Å². The first-order valence-electron chi connectivity index (χ1n) is 9.60. The molecule has 32 heavy (non-hydrogen) atoms. The average Bonchev–Trinajstić information content (AvgIpc) is 3.22. The third-order valence-corrected chi connectivity index (χ3v) is 5.06. The zero-order valence-electron chi connectivity index (χ0n) is 17.2. The fraction of sp³-hybridized carbons (Fsp3) is 0.227. The molecule has 0 bridgehead atoms. The van der Waals surface area contributed by atoms with Crippen molar-refractivity contribution in [3.8, 4) is 23.3 Å². The predicted octanol–water partition coefficient (Wildman–Crippen LogP) is 4.40. The van der Waals surface area contributed by atoms with Gasteiger partial charge in [0.25, 0.3) is 5.91 Å². The largest absolute Gasteiger partial charge is 0.497 e. The van der Waals surface area contributed by atoms with E-state index in [9.17, 15) is 9.18 Å². The summed E-state index contributed by atoms with van der Waals surface area (Å²) in [6, 6.07) is 11.0. The van der Waals surface area contributed by atoms with E-state index in [1.165, 1.54) is 12.1 Å². The Kier molecular flexibility index (Phi) is 6.00. The minimum atomic E-state index is -0.614. The maximum absolute atomic E-state index is 13.4. The highest BCUT2D eigenvalue weighted by Gasteiger charge is 2.40. The van der Waals surface area contributed by atoms with E-state index in [0.29, 0.717) is 29.5 Å². The second-order valence-electron chi connectivity index (χ2n) is 7.33. The molecule has 166 valence electrons. The number of aromatic nitrogens is 2. The van der Waals surface area contributed by atoms with Crippen LogP contribution in [-0.2, 0) is 10.2 Å². The molecule has 10 heteroatoms. The molecule has 1 N–H and O–H groups in total. The minimum absolute atomic E-state index is 0.00367. The quantitative estimate of drug-likeness (QED) is 0.533. The molecule has 1 aliphatic carbocycles. The van der Waals surface area contributed by atoms with Gasteiger partial charge in [-0.05, 0) is 37.3 Å². The average molecular weight is 460 g/mol. The summed E-state index contributed by atoms with van der Waals surface area (Å²) in [7, 11) is 1.56. The van der Waals surface area contributed by atoms with Gasteiger partial charge in [-0.2, -0.15) is 0 Å². The fourth-order valence-corrected chi connectivity index (χ4v) is 3.26. The molecule has 1 atom stereocenters. The number of allylic oxidation sites excluding steroid dienone is 2. The molecular formula is C22H19ClFN3O5. The SMILES string of the molecule is COc1cccc(Oc2nnc(C3(C)C=C(NC(=O)COc4ccc(Cl)c(F)c4)C3)o2)c1. The Morgan fingerprint density at radius 1 is 1.22 bits per heavy atom. The number of hydrogen-bond acceptors (Lipinski definition) is 7. The van der Waals surface area contributed by atoms with Gasteiger partial charge in [-0.25, -0.2) is 4.39 Å².